The third kappa shape index (κ3) is 5.68. The Morgan fingerprint density at radius 2 is 1.38 bits per heavy atom. The van der Waals surface area contributed by atoms with Gasteiger partial charge in [0.25, 0.3) is 0 Å². The van der Waals surface area contributed by atoms with Crippen molar-refractivity contribution in [2.75, 3.05) is 0 Å². The first-order valence-corrected chi connectivity index (χ1v) is 5.12. The predicted molar refractivity (Wildman–Crippen MR) is 63.9 cm³/mol. The van der Waals surface area contributed by atoms with Gasteiger partial charge in [0.15, 0.2) is 0 Å². The van der Waals surface area contributed by atoms with E-state index in [4.69, 9.17) is 0 Å². The normalized spacial score (nSPS) is 26.0. The summed E-state index contributed by atoms with van der Waals surface area (Å²) in [6, 6.07) is 0. The van der Waals surface area contributed by atoms with Crippen LogP contribution in [-0.4, -0.2) is 0 Å². The van der Waals surface area contributed by atoms with E-state index in [0.717, 1.165) is 11.8 Å². The van der Waals surface area contributed by atoms with Gasteiger partial charge in [0, 0.05) is 0 Å². The Hall–Kier alpha value is -0.520. The largest absolute Gasteiger partial charge is 0.103 e. The maximum absolute atomic E-state index is 3.82. The van der Waals surface area contributed by atoms with Crippen molar-refractivity contribution in [2.24, 2.45) is 11.8 Å². The van der Waals surface area contributed by atoms with E-state index in [1.165, 1.54) is 25.7 Å². The lowest BCUT2D eigenvalue weighted by Gasteiger charge is -2.24. The third-order valence-electron chi connectivity index (χ3n) is 2.42. The van der Waals surface area contributed by atoms with Crippen LogP contribution in [0.1, 0.15) is 47.0 Å². The Morgan fingerprint density at radius 3 is 1.69 bits per heavy atom. The van der Waals surface area contributed by atoms with Gasteiger partial charge in [-0.25, -0.2) is 0 Å². The molecule has 1 fully saturated rings. The Labute approximate surface area is 84.7 Å². The lowest BCUT2D eigenvalue weighted by Crippen LogP contribution is -2.11. The minimum absolute atomic E-state index is 0. The van der Waals surface area contributed by atoms with Gasteiger partial charge in [-0.2, -0.15) is 0 Å². The van der Waals surface area contributed by atoms with Crippen molar-refractivity contribution in [1.29, 1.82) is 0 Å². The van der Waals surface area contributed by atoms with Gasteiger partial charge in [0.2, 0.25) is 0 Å². The van der Waals surface area contributed by atoms with Crippen LogP contribution in [0.5, 0.6) is 0 Å². The first-order chi connectivity index (χ1) is 5.86. The molecule has 0 aromatic heterocycles. The molecule has 0 aromatic rings. The summed E-state index contributed by atoms with van der Waals surface area (Å²) in [5, 5.41) is 0. The highest BCUT2D eigenvalue weighted by atomic mass is 14.2. The lowest BCUT2D eigenvalue weighted by atomic mass is 9.82. The fourth-order valence-electron chi connectivity index (χ4n) is 1.69. The zero-order valence-electron chi connectivity index (χ0n) is 8.55. The minimum Gasteiger partial charge on any atom is -0.103 e. The highest BCUT2D eigenvalue weighted by molar-refractivity contribution is 4.90. The van der Waals surface area contributed by atoms with E-state index < -0.39 is 0 Å². The summed E-state index contributed by atoms with van der Waals surface area (Å²) in [6.45, 7) is 11.6. The number of hydrogen-bond acceptors (Lipinski definition) is 0. The van der Waals surface area contributed by atoms with Crippen LogP contribution in [0.2, 0.25) is 0 Å². The zero-order chi connectivity index (χ0) is 9.40. The van der Waals surface area contributed by atoms with E-state index in [0.29, 0.717) is 0 Å². The van der Waals surface area contributed by atoms with Crippen LogP contribution in [0.25, 0.3) is 0 Å². The van der Waals surface area contributed by atoms with E-state index >= 15 is 0 Å². The Balaban J connectivity index is 0. The molecule has 0 amide bonds. The molecule has 0 bridgehead atoms. The van der Waals surface area contributed by atoms with Crippen molar-refractivity contribution < 1.29 is 0 Å². The van der Waals surface area contributed by atoms with Gasteiger partial charge >= 0.3 is 0 Å². The Bertz CT molecular complexity index is 110. The van der Waals surface area contributed by atoms with Crippen molar-refractivity contribution >= 4 is 0 Å². The molecule has 0 saturated heterocycles. The smallest absolute Gasteiger partial charge is 0.0231 e. The second-order valence-electron chi connectivity index (χ2n) is 3.16. The van der Waals surface area contributed by atoms with Crippen LogP contribution in [0.15, 0.2) is 25.3 Å². The third-order valence-corrected chi connectivity index (χ3v) is 2.42. The molecule has 0 aliphatic heterocycles. The summed E-state index contributed by atoms with van der Waals surface area (Å²) in [7, 11) is 0. The molecule has 1 aliphatic carbocycles. The second-order valence-corrected chi connectivity index (χ2v) is 3.16. The molecule has 0 aromatic carbocycles. The molecule has 13 heavy (non-hydrogen) atoms. The Kier molecular flexibility index (Phi) is 11.0. The predicted octanol–water partition coefficient (Wildman–Crippen LogP) is 4.83. The zero-order valence-corrected chi connectivity index (χ0v) is 8.55. The van der Waals surface area contributed by atoms with Gasteiger partial charge in [-0.1, -0.05) is 39.8 Å². The molecule has 0 N–H and O–H groups in total. The average Bonchev–Trinajstić information content (AvgIpc) is 2.21. The fraction of sp³-hybridized carbons (Fsp3) is 0.692. The minimum atomic E-state index is 0. The summed E-state index contributed by atoms with van der Waals surface area (Å²) in [5.41, 5.74) is 0. The molecule has 0 radical (unpaired) electrons. The van der Waals surface area contributed by atoms with Gasteiger partial charge in [-0.3, -0.25) is 0 Å². The lowest BCUT2D eigenvalue weighted by molar-refractivity contribution is 0.353. The van der Waals surface area contributed by atoms with E-state index in [9.17, 15) is 0 Å². The van der Waals surface area contributed by atoms with E-state index in [1.807, 2.05) is 13.8 Å². The summed E-state index contributed by atoms with van der Waals surface area (Å²) >= 11 is 0. The molecular formula is C13H26. The van der Waals surface area contributed by atoms with Gasteiger partial charge in [-0.05, 0) is 31.1 Å². The molecule has 0 heterocycles. The number of allylic oxidation sites excluding steroid dienone is 2. The van der Waals surface area contributed by atoms with Crippen LogP contribution >= 0.6 is 0 Å². The quantitative estimate of drug-likeness (QED) is 0.537. The first-order valence-electron chi connectivity index (χ1n) is 5.12. The molecule has 0 spiro atoms. The molecule has 78 valence electrons. The average molecular weight is 182 g/mol. The molecule has 1 saturated carbocycles. The SMILES string of the molecule is C.C=CC1CCCC(C=C)C1.CC. The highest BCUT2D eigenvalue weighted by Crippen LogP contribution is 2.29. The molecular weight excluding hydrogens is 156 g/mol. The van der Waals surface area contributed by atoms with Crippen LogP contribution in [0.4, 0.5) is 0 Å². The van der Waals surface area contributed by atoms with E-state index in [-0.39, 0.29) is 7.43 Å². The van der Waals surface area contributed by atoms with Crippen LogP contribution in [0.3, 0.4) is 0 Å². The topological polar surface area (TPSA) is 0 Å². The number of hydrogen-bond donors (Lipinski definition) is 0. The second kappa shape index (κ2) is 9.57. The molecule has 2 unspecified atom stereocenters. The summed E-state index contributed by atoms with van der Waals surface area (Å²) in [4.78, 5) is 0. The van der Waals surface area contributed by atoms with Gasteiger partial charge in [0.05, 0.1) is 0 Å². The van der Waals surface area contributed by atoms with Crippen molar-refractivity contribution in [2.45, 2.75) is 47.0 Å². The summed E-state index contributed by atoms with van der Waals surface area (Å²) in [6.07, 6.45) is 9.51. The Morgan fingerprint density at radius 1 is 1.00 bits per heavy atom. The molecule has 2 atom stereocenters. The maximum atomic E-state index is 3.82. The van der Waals surface area contributed by atoms with Crippen LogP contribution in [-0.2, 0) is 0 Å². The fourth-order valence-corrected chi connectivity index (χ4v) is 1.69. The highest BCUT2D eigenvalue weighted by Gasteiger charge is 2.16. The molecule has 1 rings (SSSR count). The van der Waals surface area contributed by atoms with Crippen molar-refractivity contribution in [3.05, 3.63) is 25.3 Å². The molecule has 0 nitrogen and oxygen atoms in total. The van der Waals surface area contributed by atoms with E-state index in [1.54, 1.807) is 0 Å². The van der Waals surface area contributed by atoms with E-state index in [2.05, 4.69) is 25.3 Å². The molecule has 1 aliphatic rings. The van der Waals surface area contributed by atoms with Crippen molar-refractivity contribution in [3.63, 3.8) is 0 Å². The number of rotatable bonds is 2. The van der Waals surface area contributed by atoms with Crippen molar-refractivity contribution in [3.8, 4) is 0 Å². The standard InChI is InChI=1S/C10H16.C2H6.CH4/c1-3-9-6-5-7-10(4-2)8-9;1-2;/h3-4,9-10H,1-2,5-8H2;1-2H3;1H4. The molecule has 0 heteroatoms. The van der Waals surface area contributed by atoms with Crippen LogP contribution < -0.4 is 0 Å². The van der Waals surface area contributed by atoms with Crippen LogP contribution in [0, 0.1) is 11.8 Å². The first kappa shape index (κ1) is 15.0. The van der Waals surface area contributed by atoms with Gasteiger partial charge < -0.3 is 0 Å². The maximum Gasteiger partial charge on any atom is -0.0231 e. The summed E-state index contributed by atoms with van der Waals surface area (Å²) in [5.74, 6) is 1.52. The van der Waals surface area contributed by atoms with Gasteiger partial charge in [0.1, 0.15) is 0 Å². The summed E-state index contributed by atoms with van der Waals surface area (Å²) < 4.78 is 0. The van der Waals surface area contributed by atoms with Gasteiger partial charge in [-0.15, -0.1) is 13.2 Å². The monoisotopic (exact) mass is 182 g/mol. The van der Waals surface area contributed by atoms with Crippen molar-refractivity contribution in [1.82, 2.24) is 0 Å².